The third kappa shape index (κ3) is 2.33. The first kappa shape index (κ1) is 13.2. The zero-order chi connectivity index (χ0) is 14.0. The summed E-state index contributed by atoms with van der Waals surface area (Å²) in [6, 6.07) is 9.88. The van der Waals surface area contributed by atoms with Crippen molar-refractivity contribution in [2.45, 2.75) is 44.1 Å². The highest BCUT2D eigenvalue weighted by Gasteiger charge is 2.46. The maximum absolute atomic E-state index is 11.8. The molecule has 0 amide bonds. The topological polar surface area (TPSA) is 46.5 Å². The van der Waals surface area contributed by atoms with Crippen LogP contribution in [0.4, 0.5) is 0 Å². The van der Waals surface area contributed by atoms with E-state index in [1.807, 2.05) is 30.3 Å². The molecule has 1 aliphatic carbocycles. The molecule has 0 aromatic heterocycles. The van der Waals surface area contributed by atoms with Crippen molar-refractivity contribution in [2.24, 2.45) is 5.92 Å². The van der Waals surface area contributed by atoms with Gasteiger partial charge in [0.15, 0.2) is 0 Å². The van der Waals surface area contributed by atoms with Crippen molar-refractivity contribution in [3.63, 3.8) is 0 Å². The van der Waals surface area contributed by atoms with Gasteiger partial charge < -0.3 is 9.84 Å². The molecule has 3 nitrogen and oxygen atoms in total. The molecular formula is C17H20O3. The number of hydrogen-bond acceptors (Lipinski definition) is 3. The van der Waals surface area contributed by atoms with Gasteiger partial charge in [0.25, 0.3) is 0 Å². The van der Waals surface area contributed by atoms with Gasteiger partial charge in [0, 0.05) is 12.3 Å². The predicted octanol–water partition coefficient (Wildman–Crippen LogP) is 3.85. The summed E-state index contributed by atoms with van der Waals surface area (Å²) in [5, 5.41) is 9.97. The fraction of sp³-hybridized carbons (Fsp3) is 0.471. The summed E-state index contributed by atoms with van der Waals surface area (Å²) in [6.07, 6.45) is 7.28. The van der Waals surface area contributed by atoms with Crippen molar-refractivity contribution in [1.29, 1.82) is 0 Å². The Morgan fingerprint density at radius 1 is 1.10 bits per heavy atom. The fourth-order valence-electron chi connectivity index (χ4n) is 3.61. The molecule has 2 aliphatic rings. The zero-order valence-electron chi connectivity index (χ0n) is 11.5. The lowest BCUT2D eigenvalue weighted by Gasteiger charge is -2.43. The monoisotopic (exact) mass is 272 g/mol. The van der Waals surface area contributed by atoms with Crippen LogP contribution in [0.2, 0.25) is 0 Å². The number of carbonyl (C=O) groups is 1. The lowest BCUT2D eigenvalue weighted by Crippen LogP contribution is -2.43. The molecule has 1 aliphatic heterocycles. The molecule has 0 saturated heterocycles. The highest BCUT2D eigenvalue weighted by molar-refractivity contribution is 5.84. The van der Waals surface area contributed by atoms with Crippen LogP contribution in [-0.4, -0.2) is 11.1 Å². The summed E-state index contributed by atoms with van der Waals surface area (Å²) < 4.78 is 5.79. The maximum atomic E-state index is 11.8. The van der Waals surface area contributed by atoms with E-state index in [0.717, 1.165) is 18.4 Å². The van der Waals surface area contributed by atoms with Gasteiger partial charge in [-0.2, -0.15) is 0 Å². The predicted molar refractivity (Wildman–Crippen MR) is 76.1 cm³/mol. The number of cyclic esters (lactones) is 1. The minimum atomic E-state index is -0.683. The lowest BCUT2D eigenvalue weighted by molar-refractivity contribution is -0.168. The molecule has 1 N–H and O–H groups in total. The van der Waals surface area contributed by atoms with Crippen LogP contribution in [0.3, 0.4) is 0 Å². The molecule has 1 atom stereocenters. The number of ether oxygens (including phenoxy) is 1. The second-order valence-electron chi connectivity index (χ2n) is 5.82. The molecule has 1 unspecified atom stereocenters. The van der Waals surface area contributed by atoms with Crippen molar-refractivity contribution >= 4 is 5.97 Å². The number of aliphatic hydroxyl groups is 1. The SMILES string of the molecule is O=C1C=C(O)CC(c2ccccc2)(C2CCCCC2)O1. The van der Waals surface area contributed by atoms with Gasteiger partial charge in [-0.15, -0.1) is 0 Å². The summed E-state index contributed by atoms with van der Waals surface area (Å²) in [7, 11) is 0. The van der Waals surface area contributed by atoms with Crippen molar-refractivity contribution in [2.75, 3.05) is 0 Å². The fourth-order valence-corrected chi connectivity index (χ4v) is 3.61. The standard InChI is InChI=1S/C17H20O3/c18-15-11-16(19)20-17(12-15,13-7-3-1-4-8-13)14-9-5-2-6-10-14/h1,3-4,7-8,11,14,18H,2,5-6,9-10,12H2. The Morgan fingerprint density at radius 3 is 2.45 bits per heavy atom. The van der Waals surface area contributed by atoms with E-state index in [9.17, 15) is 9.90 Å². The number of hydrogen-bond donors (Lipinski definition) is 1. The molecule has 1 heterocycles. The summed E-state index contributed by atoms with van der Waals surface area (Å²) in [4.78, 5) is 11.8. The summed E-state index contributed by atoms with van der Waals surface area (Å²) in [5.74, 6) is -0.00250. The first-order valence-corrected chi connectivity index (χ1v) is 7.39. The number of rotatable bonds is 2. The molecule has 106 valence electrons. The smallest absolute Gasteiger partial charge is 0.335 e. The molecule has 20 heavy (non-hydrogen) atoms. The normalized spacial score (nSPS) is 27.8. The second-order valence-corrected chi connectivity index (χ2v) is 5.82. The molecule has 0 radical (unpaired) electrons. The van der Waals surface area contributed by atoms with E-state index in [-0.39, 0.29) is 5.76 Å². The van der Waals surface area contributed by atoms with Crippen molar-refractivity contribution in [1.82, 2.24) is 0 Å². The molecule has 1 aromatic carbocycles. The molecule has 3 rings (SSSR count). The molecule has 1 saturated carbocycles. The average Bonchev–Trinajstić information content (AvgIpc) is 2.48. The Morgan fingerprint density at radius 2 is 1.80 bits per heavy atom. The van der Waals surface area contributed by atoms with E-state index in [0.29, 0.717) is 12.3 Å². The highest BCUT2D eigenvalue weighted by atomic mass is 16.6. The Balaban J connectivity index is 2.03. The quantitative estimate of drug-likeness (QED) is 0.832. The molecule has 0 bridgehead atoms. The highest BCUT2D eigenvalue weighted by Crippen LogP contribution is 2.47. The van der Waals surface area contributed by atoms with Gasteiger partial charge in [0.1, 0.15) is 11.4 Å². The largest absolute Gasteiger partial charge is 0.512 e. The van der Waals surface area contributed by atoms with Crippen LogP contribution in [0, 0.1) is 5.92 Å². The number of esters is 1. The van der Waals surface area contributed by atoms with Gasteiger partial charge >= 0.3 is 5.97 Å². The van der Waals surface area contributed by atoms with Crippen LogP contribution >= 0.6 is 0 Å². The minimum Gasteiger partial charge on any atom is -0.512 e. The summed E-state index contributed by atoms with van der Waals surface area (Å²) in [5.41, 5.74) is 0.317. The molecule has 3 heteroatoms. The number of carbonyl (C=O) groups excluding carboxylic acids is 1. The van der Waals surface area contributed by atoms with Gasteiger partial charge in [-0.3, -0.25) is 0 Å². The second kappa shape index (κ2) is 5.31. The average molecular weight is 272 g/mol. The first-order chi connectivity index (χ1) is 9.71. The van der Waals surface area contributed by atoms with Crippen LogP contribution in [0.5, 0.6) is 0 Å². The van der Waals surface area contributed by atoms with Crippen LogP contribution in [0.1, 0.15) is 44.1 Å². The summed E-state index contributed by atoms with van der Waals surface area (Å²) in [6.45, 7) is 0. The molecular weight excluding hydrogens is 252 g/mol. The van der Waals surface area contributed by atoms with Gasteiger partial charge in [-0.05, 0) is 18.4 Å². The van der Waals surface area contributed by atoms with Crippen molar-refractivity contribution in [3.8, 4) is 0 Å². The first-order valence-electron chi connectivity index (χ1n) is 7.39. The van der Waals surface area contributed by atoms with E-state index in [2.05, 4.69) is 0 Å². The van der Waals surface area contributed by atoms with E-state index in [1.165, 1.54) is 25.3 Å². The van der Waals surface area contributed by atoms with Crippen molar-refractivity contribution < 1.29 is 14.6 Å². The lowest BCUT2D eigenvalue weighted by atomic mass is 9.70. The Hall–Kier alpha value is -1.77. The van der Waals surface area contributed by atoms with Gasteiger partial charge in [0.05, 0.1) is 6.08 Å². The van der Waals surface area contributed by atoms with Crippen LogP contribution < -0.4 is 0 Å². The Bertz CT molecular complexity index is 514. The molecule has 1 fully saturated rings. The maximum Gasteiger partial charge on any atom is 0.335 e. The minimum absolute atomic E-state index is 0.135. The number of aliphatic hydroxyl groups excluding tert-OH is 1. The van der Waals surface area contributed by atoms with Crippen LogP contribution in [-0.2, 0) is 15.1 Å². The van der Waals surface area contributed by atoms with Crippen LogP contribution in [0.25, 0.3) is 0 Å². The van der Waals surface area contributed by atoms with Gasteiger partial charge in [-0.1, -0.05) is 49.6 Å². The Kier molecular flexibility index (Phi) is 3.51. The van der Waals surface area contributed by atoms with E-state index >= 15 is 0 Å². The summed E-state index contributed by atoms with van der Waals surface area (Å²) >= 11 is 0. The van der Waals surface area contributed by atoms with Gasteiger partial charge in [-0.25, -0.2) is 4.79 Å². The number of benzene rings is 1. The van der Waals surface area contributed by atoms with Crippen LogP contribution in [0.15, 0.2) is 42.2 Å². The van der Waals surface area contributed by atoms with E-state index in [4.69, 9.17) is 4.74 Å². The zero-order valence-corrected chi connectivity index (χ0v) is 11.5. The molecule has 1 aromatic rings. The van der Waals surface area contributed by atoms with E-state index in [1.54, 1.807) is 0 Å². The third-order valence-corrected chi connectivity index (χ3v) is 4.54. The van der Waals surface area contributed by atoms with E-state index < -0.39 is 11.6 Å². The van der Waals surface area contributed by atoms with Crippen molar-refractivity contribution in [3.05, 3.63) is 47.7 Å². The third-order valence-electron chi connectivity index (χ3n) is 4.54. The molecule has 0 spiro atoms. The Labute approximate surface area is 119 Å². The van der Waals surface area contributed by atoms with Gasteiger partial charge in [0.2, 0.25) is 0 Å².